The van der Waals surface area contributed by atoms with Crippen LogP contribution in [0.5, 0.6) is 0 Å². The fourth-order valence-electron chi connectivity index (χ4n) is 5.96. The summed E-state index contributed by atoms with van der Waals surface area (Å²) in [6.07, 6.45) is 1.50. The van der Waals surface area contributed by atoms with Crippen molar-refractivity contribution in [2.75, 3.05) is 42.7 Å². The maximum absolute atomic E-state index is 5.75. The summed E-state index contributed by atoms with van der Waals surface area (Å²) in [5.74, 6) is 0. The molecule has 0 aliphatic heterocycles. The molecular weight excluding hydrogens is 869 g/mol. The lowest BCUT2D eigenvalue weighted by molar-refractivity contribution is 0.123. The fraction of sp³-hybridized carbons (Fsp3) is 0.278. The number of hydrogen-bond donors (Lipinski definition) is 0. The number of benzene rings is 4. The van der Waals surface area contributed by atoms with Gasteiger partial charge in [0.15, 0.2) is 0 Å². The number of aromatic nitrogens is 2. The molecule has 18 heteroatoms. The molecule has 4 aromatic carbocycles. The Morgan fingerprint density at radius 2 is 0.870 bits per heavy atom. The summed E-state index contributed by atoms with van der Waals surface area (Å²) in [4.78, 5) is 12.5. The van der Waals surface area contributed by atoms with E-state index in [1.54, 1.807) is 126 Å². The highest BCUT2D eigenvalue weighted by atomic mass is 33.9. The largest absolute Gasteiger partial charge is 0.500 e. The van der Waals surface area contributed by atoms with Crippen molar-refractivity contribution < 1.29 is 26.6 Å². The first-order chi connectivity index (χ1) is 26.4. The zero-order valence-corrected chi connectivity index (χ0v) is 39.1. The van der Waals surface area contributed by atoms with Crippen molar-refractivity contribution in [3.63, 3.8) is 0 Å². The normalized spacial score (nSPS) is 12.3. The second-order valence-corrected chi connectivity index (χ2v) is 29.1. The van der Waals surface area contributed by atoms with Crippen LogP contribution in [-0.2, 0) is 39.4 Å². The lowest BCUT2D eigenvalue weighted by Crippen LogP contribution is -2.43. The van der Waals surface area contributed by atoms with E-state index in [0.29, 0.717) is 12.1 Å². The van der Waals surface area contributed by atoms with Gasteiger partial charge >= 0.3 is 17.6 Å². The average Bonchev–Trinajstić information content (AvgIpc) is 3.85. The molecule has 6 rings (SSSR count). The molecule has 0 radical (unpaired) electrons. The van der Waals surface area contributed by atoms with Gasteiger partial charge in [0.05, 0.1) is 20.4 Å². The highest BCUT2D eigenvalue weighted by Gasteiger charge is 2.38. The summed E-state index contributed by atoms with van der Waals surface area (Å²) in [6, 6.07) is 31.0. The minimum Gasteiger partial charge on any atom is -0.377 e. The van der Waals surface area contributed by atoms with Gasteiger partial charge in [-0.25, -0.2) is 9.97 Å². The molecule has 0 N–H and O–H groups in total. The smallest absolute Gasteiger partial charge is 0.377 e. The van der Waals surface area contributed by atoms with Gasteiger partial charge < -0.3 is 26.6 Å². The summed E-state index contributed by atoms with van der Waals surface area (Å²) >= 11 is 3.45. The van der Waals surface area contributed by atoms with Crippen LogP contribution < -0.4 is 0 Å². The van der Waals surface area contributed by atoms with Crippen LogP contribution in [0.15, 0.2) is 94.7 Å². The molecule has 0 saturated carbocycles. The molecule has 0 atom stereocenters. The van der Waals surface area contributed by atoms with Crippen LogP contribution >= 0.6 is 83.6 Å². The highest BCUT2D eigenvalue weighted by Crippen LogP contribution is 2.58. The molecule has 0 amide bonds. The van der Waals surface area contributed by atoms with Crippen molar-refractivity contribution in [2.45, 2.75) is 34.7 Å². The molecule has 0 aliphatic carbocycles. The molecule has 54 heavy (non-hydrogen) atoms. The van der Waals surface area contributed by atoms with Gasteiger partial charge in [0.25, 0.3) is 0 Å². The Balaban J connectivity index is 1.17. The first-order valence-corrected chi connectivity index (χ1v) is 29.7. The summed E-state index contributed by atoms with van der Waals surface area (Å²) in [7, 11) is 15.0. The number of aryl methyl sites for hydroxylation is 2. The number of thiazole rings is 2. The second-order valence-electron chi connectivity index (χ2n) is 11.6. The van der Waals surface area contributed by atoms with Gasteiger partial charge in [0.2, 0.25) is 0 Å². The Kier molecular flexibility index (Phi) is 16.2. The summed E-state index contributed by atoms with van der Waals surface area (Å²) < 4.78 is 36.9. The second kappa shape index (κ2) is 20.6. The number of para-hydroxylation sites is 2. The topological polar surface area (TPSA) is 81.2 Å². The third-order valence-electron chi connectivity index (χ3n) is 8.84. The van der Waals surface area contributed by atoms with Gasteiger partial charge in [-0.3, -0.25) is 0 Å². The van der Waals surface area contributed by atoms with E-state index in [4.69, 9.17) is 36.5 Å². The van der Waals surface area contributed by atoms with E-state index in [-0.39, 0.29) is 0 Å². The van der Waals surface area contributed by atoms with Gasteiger partial charge in [0.1, 0.15) is 10.0 Å². The van der Waals surface area contributed by atoms with Crippen LogP contribution in [0.4, 0.5) is 0 Å². The van der Waals surface area contributed by atoms with Crippen molar-refractivity contribution in [1.82, 2.24) is 9.97 Å². The predicted molar refractivity (Wildman–Crippen MR) is 243 cm³/mol. The van der Waals surface area contributed by atoms with Crippen molar-refractivity contribution in [3.05, 3.63) is 96.1 Å². The highest BCUT2D eigenvalue weighted by molar-refractivity contribution is 9.41. The Morgan fingerprint density at radius 3 is 1.24 bits per heavy atom. The van der Waals surface area contributed by atoms with Gasteiger partial charge in [-0.1, -0.05) is 48.5 Å². The molecule has 2 aromatic heterocycles. The first-order valence-electron chi connectivity index (χ1n) is 16.7. The number of fused-ring (bicyclic) bond motifs is 2. The molecule has 6 aromatic rings. The Hall–Kier alpha value is -1.05. The Labute approximate surface area is 349 Å². The average molecular weight is 909 g/mol. The summed E-state index contributed by atoms with van der Waals surface area (Å²) in [5, 5.41) is 2.03. The standard InChI is InChI=1S/C36H40N2O6S8Si2/c1-39-53(40-2,41-3)23-21-25-13-11-19-31(33(25)35-37-27-15-7-9-17-29(27)45-35)47-49-51-52-50-48-32-20-12-14-26(22-24-54(42-4,43-5)44-6)34(32)36-38-28-16-8-10-18-30(28)46-36/h7-20H,21-24H2,1-6H3. The lowest BCUT2D eigenvalue weighted by Gasteiger charge is -2.24. The molecule has 0 spiro atoms. The van der Waals surface area contributed by atoms with Crippen LogP contribution in [0.1, 0.15) is 11.1 Å². The lowest BCUT2D eigenvalue weighted by atomic mass is 10.1. The molecule has 2 heterocycles. The Morgan fingerprint density at radius 1 is 0.481 bits per heavy atom. The molecule has 8 nitrogen and oxygen atoms in total. The maximum Gasteiger partial charge on any atom is 0.500 e. The molecule has 0 saturated heterocycles. The molecule has 0 unspecified atom stereocenters. The molecule has 0 fully saturated rings. The van der Waals surface area contributed by atoms with Crippen LogP contribution in [0.3, 0.4) is 0 Å². The van der Waals surface area contributed by atoms with E-state index in [2.05, 4.69) is 72.8 Å². The summed E-state index contributed by atoms with van der Waals surface area (Å²) in [6.45, 7) is 0. The Bertz CT molecular complexity index is 1900. The molecule has 286 valence electrons. The zero-order chi connectivity index (χ0) is 38.0. The van der Waals surface area contributed by atoms with Crippen molar-refractivity contribution in [2.24, 2.45) is 0 Å². The van der Waals surface area contributed by atoms with Gasteiger partial charge in [-0.05, 0) is 121 Å². The van der Waals surface area contributed by atoms with Crippen molar-refractivity contribution >= 4 is 122 Å². The minimum absolute atomic E-state index is 0.669. The predicted octanol–water partition coefficient (Wildman–Crippen LogP) is 12.5. The quantitative estimate of drug-likeness (QED) is 0.0390. The van der Waals surface area contributed by atoms with E-state index in [9.17, 15) is 0 Å². The third kappa shape index (κ3) is 10.1. The minimum atomic E-state index is -2.76. The van der Waals surface area contributed by atoms with Gasteiger partial charge in [-0.15, -0.1) is 22.7 Å². The third-order valence-corrected chi connectivity index (χ3v) is 27.0. The maximum atomic E-state index is 5.75. The number of nitrogens with zero attached hydrogens (tertiary/aromatic N) is 2. The van der Waals surface area contributed by atoms with E-state index in [0.717, 1.165) is 45.0 Å². The SMILES string of the molecule is CO[Si](CCc1cccc(SSSSSSc2cccc(CC[Si](OC)(OC)OC)c2-c2nc3ccccc3s2)c1-c1nc2ccccc2s1)(OC)OC. The van der Waals surface area contributed by atoms with Gasteiger partial charge in [-0.2, -0.15) is 0 Å². The van der Waals surface area contributed by atoms with Crippen molar-refractivity contribution in [3.8, 4) is 21.1 Å². The molecule has 0 bridgehead atoms. The van der Waals surface area contributed by atoms with E-state index >= 15 is 0 Å². The van der Waals surface area contributed by atoms with E-state index in [1.807, 2.05) is 12.1 Å². The van der Waals surface area contributed by atoms with Crippen LogP contribution in [0.2, 0.25) is 12.1 Å². The van der Waals surface area contributed by atoms with E-state index < -0.39 is 17.6 Å². The number of rotatable bonds is 21. The van der Waals surface area contributed by atoms with Gasteiger partial charge in [0, 0.05) is 75.7 Å². The van der Waals surface area contributed by atoms with Crippen LogP contribution in [0.25, 0.3) is 41.6 Å². The summed E-state index contributed by atoms with van der Waals surface area (Å²) in [5.41, 5.74) is 6.75. The van der Waals surface area contributed by atoms with Crippen molar-refractivity contribution in [1.29, 1.82) is 0 Å². The van der Waals surface area contributed by atoms with Crippen LogP contribution in [0, 0.1) is 0 Å². The number of hydrogen-bond acceptors (Lipinski definition) is 16. The monoisotopic (exact) mass is 908 g/mol. The van der Waals surface area contributed by atoms with E-state index in [1.165, 1.54) is 30.3 Å². The molecular formula is C36H40N2O6S8Si2. The molecule has 0 aliphatic rings. The fourth-order valence-corrected chi connectivity index (χ4v) is 22.9. The van der Waals surface area contributed by atoms with Crippen LogP contribution in [-0.4, -0.2) is 70.2 Å². The zero-order valence-electron chi connectivity index (χ0n) is 30.5. The first kappa shape index (κ1) is 42.6.